The lowest BCUT2D eigenvalue weighted by molar-refractivity contribution is -0.115. The van der Waals surface area contributed by atoms with E-state index in [0.29, 0.717) is 10.4 Å². The summed E-state index contributed by atoms with van der Waals surface area (Å²) in [7, 11) is 3.88. The summed E-state index contributed by atoms with van der Waals surface area (Å²) in [6.45, 7) is -0.132. The topological polar surface area (TPSA) is 74.6 Å². The van der Waals surface area contributed by atoms with Crippen LogP contribution in [0.2, 0.25) is 0 Å². The van der Waals surface area contributed by atoms with Gasteiger partial charge >= 0.3 is 0 Å². The maximum absolute atomic E-state index is 11.8. The first-order valence-electron chi connectivity index (χ1n) is 6.56. The van der Waals surface area contributed by atoms with Crippen LogP contribution in [0.4, 0.5) is 11.4 Å². The zero-order valence-corrected chi connectivity index (χ0v) is 13.8. The average molecular weight is 366 g/mol. The van der Waals surface area contributed by atoms with E-state index in [1.807, 2.05) is 31.1 Å². The van der Waals surface area contributed by atoms with Gasteiger partial charge in [-0.25, -0.2) is 0 Å². The summed E-state index contributed by atoms with van der Waals surface area (Å²) < 4.78 is 5.56. The molecule has 2 N–H and O–H groups in total. The van der Waals surface area contributed by atoms with Gasteiger partial charge in [0.25, 0.3) is 5.91 Å². The van der Waals surface area contributed by atoms with E-state index in [1.54, 1.807) is 18.2 Å². The highest BCUT2D eigenvalue weighted by atomic mass is 79.9. The number of rotatable bonds is 5. The number of amides is 2. The molecule has 0 aliphatic rings. The third kappa shape index (κ3) is 4.36. The van der Waals surface area contributed by atoms with E-state index < -0.39 is 5.91 Å². The molecule has 1 aromatic heterocycles. The van der Waals surface area contributed by atoms with Crippen LogP contribution in [0.15, 0.2) is 45.5 Å². The monoisotopic (exact) mass is 365 g/mol. The zero-order chi connectivity index (χ0) is 16.1. The quantitative estimate of drug-likeness (QED) is 0.853. The van der Waals surface area contributed by atoms with E-state index in [4.69, 9.17) is 4.42 Å². The summed E-state index contributed by atoms with van der Waals surface area (Å²) >= 11 is 3.11. The largest absolute Gasteiger partial charge is 0.444 e. The van der Waals surface area contributed by atoms with Crippen LogP contribution in [0.5, 0.6) is 0 Å². The van der Waals surface area contributed by atoms with Gasteiger partial charge in [-0.15, -0.1) is 0 Å². The van der Waals surface area contributed by atoms with E-state index in [1.165, 1.54) is 6.07 Å². The van der Waals surface area contributed by atoms with Crippen LogP contribution in [0.25, 0.3) is 0 Å². The second kappa shape index (κ2) is 7.13. The molecule has 0 aliphatic carbocycles. The van der Waals surface area contributed by atoms with Crippen molar-refractivity contribution in [2.75, 3.05) is 30.9 Å². The van der Waals surface area contributed by atoms with Gasteiger partial charge in [0.2, 0.25) is 5.91 Å². The Kier molecular flexibility index (Phi) is 5.21. The van der Waals surface area contributed by atoms with Gasteiger partial charge in [-0.3, -0.25) is 9.59 Å². The van der Waals surface area contributed by atoms with Crippen LogP contribution >= 0.6 is 15.9 Å². The fourth-order valence-electron chi connectivity index (χ4n) is 1.73. The lowest BCUT2D eigenvalue weighted by Gasteiger charge is -2.13. The second-order valence-electron chi connectivity index (χ2n) is 4.78. The molecular weight excluding hydrogens is 350 g/mol. The number of carbonyl (C=O) groups excluding carboxylic acids is 2. The van der Waals surface area contributed by atoms with Crippen molar-refractivity contribution in [3.05, 3.63) is 46.8 Å². The van der Waals surface area contributed by atoms with Gasteiger partial charge in [0.1, 0.15) is 0 Å². The fourth-order valence-corrected chi connectivity index (χ4v) is 2.04. The van der Waals surface area contributed by atoms with Crippen molar-refractivity contribution >= 4 is 39.1 Å². The van der Waals surface area contributed by atoms with E-state index in [9.17, 15) is 9.59 Å². The van der Waals surface area contributed by atoms with Gasteiger partial charge in [0, 0.05) is 25.5 Å². The Labute approximate surface area is 136 Å². The molecule has 0 saturated heterocycles. The number of carbonyl (C=O) groups is 2. The molecule has 0 atom stereocenters. The van der Waals surface area contributed by atoms with E-state index >= 15 is 0 Å². The van der Waals surface area contributed by atoms with Gasteiger partial charge in [0.05, 0.1) is 6.54 Å². The Bertz CT molecular complexity index is 665. The predicted molar refractivity (Wildman–Crippen MR) is 88.1 cm³/mol. The summed E-state index contributed by atoms with van der Waals surface area (Å²) in [5.74, 6) is -0.601. The maximum Gasteiger partial charge on any atom is 0.287 e. The summed E-state index contributed by atoms with van der Waals surface area (Å²) in [5.41, 5.74) is 1.71. The van der Waals surface area contributed by atoms with Crippen LogP contribution < -0.4 is 15.5 Å². The van der Waals surface area contributed by atoms with Crippen LogP contribution in [-0.4, -0.2) is 32.5 Å². The lowest BCUT2D eigenvalue weighted by atomic mass is 10.2. The van der Waals surface area contributed by atoms with Crippen molar-refractivity contribution < 1.29 is 14.0 Å². The highest BCUT2D eigenvalue weighted by Crippen LogP contribution is 2.15. The first kappa shape index (κ1) is 16.1. The molecule has 6 nitrogen and oxygen atoms in total. The van der Waals surface area contributed by atoms with Crippen molar-refractivity contribution in [3.8, 4) is 0 Å². The first-order valence-corrected chi connectivity index (χ1v) is 7.36. The highest BCUT2D eigenvalue weighted by Gasteiger charge is 2.11. The normalized spacial score (nSPS) is 10.1. The number of halogens is 1. The Morgan fingerprint density at radius 1 is 1.14 bits per heavy atom. The lowest BCUT2D eigenvalue weighted by Crippen LogP contribution is -2.32. The minimum Gasteiger partial charge on any atom is -0.444 e. The molecule has 0 bridgehead atoms. The molecule has 0 aliphatic heterocycles. The summed E-state index contributed by atoms with van der Waals surface area (Å²) in [6.07, 6.45) is 0. The molecule has 1 heterocycles. The van der Waals surface area contributed by atoms with E-state index in [2.05, 4.69) is 26.6 Å². The van der Waals surface area contributed by atoms with Gasteiger partial charge in [-0.05, 0) is 52.3 Å². The summed E-state index contributed by atoms with van der Waals surface area (Å²) in [5, 5.41) is 5.20. The maximum atomic E-state index is 11.8. The van der Waals surface area contributed by atoms with E-state index in [0.717, 1.165) is 5.69 Å². The van der Waals surface area contributed by atoms with Crippen LogP contribution in [0.3, 0.4) is 0 Å². The third-order valence-electron chi connectivity index (χ3n) is 2.87. The summed E-state index contributed by atoms with van der Waals surface area (Å²) in [4.78, 5) is 25.5. The van der Waals surface area contributed by atoms with Crippen molar-refractivity contribution in [1.29, 1.82) is 0 Å². The molecule has 22 heavy (non-hydrogen) atoms. The van der Waals surface area contributed by atoms with Crippen LogP contribution in [-0.2, 0) is 4.79 Å². The number of anilines is 2. The molecule has 0 fully saturated rings. The third-order valence-corrected chi connectivity index (χ3v) is 3.30. The van der Waals surface area contributed by atoms with Gasteiger partial charge in [-0.2, -0.15) is 0 Å². The van der Waals surface area contributed by atoms with Crippen LogP contribution in [0, 0.1) is 0 Å². The molecule has 0 spiro atoms. The molecule has 0 saturated carbocycles. The minimum atomic E-state index is -0.441. The van der Waals surface area contributed by atoms with Crippen molar-refractivity contribution in [2.45, 2.75) is 0 Å². The molecule has 2 aromatic rings. The average Bonchev–Trinajstić information content (AvgIpc) is 2.92. The number of furan rings is 1. The molecule has 2 amide bonds. The van der Waals surface area contributed by atoms with Gasteiger partial charge < -0.3 is 20.0 Å². The molecule has 0 unspecified atom stereocenters. The highest BCUT2D eigenvalue weighted by molar-refractivity contribution is 9.10. The molecule has 0 radical (unpaired) electrons. The number of nitrogens with zero attached hydrogens (tertiary/aromatic N) is 1. The predicted octanol–water partition coefficient (Wildman–Crippen LogP) is 2.48. The molecule has 7 heteroatoms. The Balaban J connectivity index is 1.84. The standard InChI is InChI=1S/C15H16BrN3O3/c1-19(2)11-5-3-10(4-6-11)18-14(20)9-17-15(21)12-7-8-13(16)22-12/h3-8H,9H2,1-2H3,(H,17,21)(H,18,20). The van der Waals surface area contributed by atoms with E-state index in [-0.39, 0.29) is 18.2 Å². The van der Waals surface area contributed by atoms with Crippen molar-refractivity contribution in [2.24, 2.45) is 0 Å². The number of hydrogen-bond acceptors (Lipinski definition) is 4. The molecule has 116 valence electrons. The number of benzene rings is 1. The zero-order valence-electron chi connectivity index (χ0n) is 12.2. The van der Waals surface area contributed by atoms with Gasteiger partial charge in [-0.1, -0.05) is 0 Å². The Morgan fingerprint density at radius 3 is 2.36 bits per heavy atom. The number of nitrogens with one attached hydrogen (secondary N) is 2. The fraction of sp³-hybridized carbons (Fsp3) is 0.200. The van der Waals surface area contributed by atoms with Gasteiger partial charge in [0.15, 0.2) is 10.4 Å². The smallest absolute Gasteiger partial charge is 0.287 e. The second-order valence-corrected chi connectivity index (χ2v) is 5.56. The number of hydrogen-bond donors (Lipinski definition) is 2. The molecule has 2 rings (SSSR count). The van der Waals surface area contributed by atoms with Crippen LogP contribution in [0.1, 0.15) is 10.6 Å². The Hall–Kier alpha value is -2.28. The van der Waals surface area contributed by atoms with Crippen molar-refractivity contribution in [1.82, 2.24) is 5.32 Å². The SMILES string of the molecule is CN(C)c1ccc(NC(=O)CNC(=O)c2ccc(Br)o2)cc1. The van der Waals surface area contributed by atoms with Crippen molar-refractivity contribution in [3.63, 3.8) is 0 Å². The summed E-state index contributed by atoms with van der Waals surface area (Å²) in [6, 6.07) is 10.5. The minimum absolute atomic E-state index is 0.132. The molecular formula is C15H16BrN3O3. The first-order chi connectivity index (χ1) is 10.5. The molecule has 1 aromatic carbocycles. The Morgan fingerprint density at radius 2 is 1.82 bits per heavy atom.